The number of carbonyl (C=O) groups excluding carboxylic acids is 2. The van der Waals surface area contributed by atoms with E-state index in [2.05, 4.69) is 5.32 Å². The lowest BCUT2D eigenvalue weighted by Crippen LogP contribution is -2.63. The molecule has 0 radical (unpaired) electrons. The second kappa shape index (κ2) is 6.90. The normalized spacial score (nSPS) is 39.9. The number of esters is 1. The Bertz CT molecular complexity index is 548. The Kier molecular flexibility index (Phi) is 5.26. The number of aliphatic hydroxyl groups is 1. The van der Waals surface area contributed by atoms with Gasteiger partial charge in [-0.15, -0.1) is 0 Å². The van der Waals surface area contributed by atoms with Gasteiger partial charge in [-0.1, -0.05) is 27.2 Å². The van der Waals surface area contributed by atoms with Gasteiger partial charge < -0.3 is 14.6 Å². The highest BCUT2D eigenvalue weighted by molar-refractivity contribution is 5.81. The molecule has 0 amide bonds. The van der Waals surface area contributed by atoms with E-state index in [1.54, 1.807) is 0 Å². The maximum Gasteiger partial charge on any atom is 0.326 e. The van der Waals surface area contributed by atoms with Crippen LogP contribution in [0.3, 0.4) is 0 Å². The Morgan fingerprint density at radius 2 is 1.92 bits per heavy atom. The number of hydrogen-bond acceptors (Lipinski definition) is 5. The van der Waals surface area contributed by atoms with Crippen LogP contribution in [0.2, 0.25) is 0 Å². The van der Waals surface area contributed by atoms with Crippen LogP contribution in [0.15, 0.2) is 0 Å². The molecule has 5 atom stereocenters. The second-order valence-corrected chi connectivity index (χ2v) is 9.64. The molecule has 4 rings (SSSR count). The van der Waals surface area contributed by atoms with E-state index < -0.39 is 16.7 Å². The molecule has 4 aliphatic carbocycles. The van der Waals surface area contributed by atoms with Gasteiger partial charge in [0, 0.05) is 6.42 Å². The summed E-state index contributed by atoms with van der Waals surface area (Å²) in [4.78, 5) is 24.7. The van der Waals surface area contributed by atoms with Crippen LogP contribution in [0, 0.1) is 17.8 Å². The molecule has 0 aromatic carbocycles. The molecule has 4 bridgehead atoms. The minimum Gasteiger partial charge on any atom is -0.458 e. The van der Waals surface area contributed by atoms with Gasteiger partial charge in [-0.25, -0.2) is 0 Å². The summed E-state index contributed by atoms with van der Waals surface area (Å²) in [6.45, 7) is 7.84. The lowest BCUT2D eigenvalue weighted by molar-refractivity contribution is -0.223. The van der Waals surface area contributed by atoms with Crippen LogP contribution in [-0.2, 0) is 14.3 Å². The molecule has 0 aromatic rings. The highest BCUT2D eigenvalue weighted by Crippen LogP contribution is 2.59. The van der Waals surface area contributed by atoms with Gasteiger partial charge in [-0.3, -0.25) is 10.1 Å². The topological polar surface area (TPSA) is 75.6 Å². The van der Waals surface area contributed by atoms with E-state index in [1.807, 2.05) is 27.7 Å². The Morgan fingerprint density at radius 3 is 2.38 bits per heavy atom. The number of aldehydes is 1. The lowest BCUT2D eigenvalue weighted by Gasteiger charge is -2.59. The molecule has 26 heavy (non-hydrogen) atoms. The molecule has 0 heterocycles. The van der Waals surface area contributed by atoms with Crippen LogP contribution < -0.4 is 5.32 Å². The number of hydrogen-bond donors (Lipinski definition) is 2. The summed E-state index contributed by atoms with van der Waals surface area (Å²) in [5, 5.41) is 14.1. The molecular weight excluding hydrogens is 330 g/mol. The highest BCUT2D eigenvalue weighted by Gasteiger charge is 2.59. The predicted octanol–water partition coefficient (Wildman–Crippen LogP) is 2.99. The van der Waals surface area contributed by atoms with Crippen molar-refractivity contribution >= 4 is 12.3 Å². The Hall–Kier alpha value is -0.940. The quantitative estimate of drug-likeness (QED) is 0.511. The van der Waals surface area contributed by atoms with E-state index in [4.69, 9.17) is 4.74 Å². The molecular formula is C21H35NO4. The van der Waals surface area contributed by atoms with E-state index in [0.717, 1.165) is 44.8 Å². The molecule has 3 unspecified atom stereocenters. The maximum absolute atomic E-state index is 13.2. The smallest absolute Gasteiger partial charge is 0.326 e. The number of carbonyl (C=O) groups is 2. The molecule has 0 aliphatic heterocycles. The Labute approximate surface area is 157 Å². The summed E-state index contributed by atoms with van der Waals surface area (Å²) in [5.74, 6) is 0.822. The molecule has 2 N–H and O–H groups in total. The minimum absolute atomic E-state index is 0.159. The average Bonchev–Trinajstić information content (AvgIpc) is 2.56. The van der Waals surface area contributed by atoms with E-state index in [9.17, 15) is 14.7 Å². The standard InChI is InChI=1S/C21H35NO4/c1-5-14(3)17(12-23)22-19(4,6-2)18(24)26-21-10-15-7-16(11-21)9-20(25,8-15)13-21/h12,14-17,22,25H,5-11,13H2,1-4H3/t14-,15?,16?,17+,19?,20?,21?/m0/s1. The van der Waals surface area contributed by atoms with Crippen LogP contribution in [0.1, 0.15) is 79.1 Å². The monoisotopic (exact) mass is 365 g/mol. The summed E-state index contributed by atoms with van der Waals surface area (Å²) in [6, 6.07) is -0.363. The number of ether oxygens (including phenoxy) is 1. The van der Waals surface area contributed by atoms with Gasteiger partial charge in [0.2, 0.25) is 0 Å². The fourth-order valence-electron chi connectivity index (χ4n) is 5.80. The summed E-state index contributed by atoms with van der Waals surface area (Å²) in [7, 11) is 0. The van der Waals surface area contributed by atoms with Crippen molar-refractivity contribution in [2.75, 3.05) is 0 Å². The van der Waals surface area contributed by atoms with Gasteiger partial charge in [0.05, 0.1) is 11.6 Å². The molecule has 0 aromatic heterocycles. The molecule has 4 saturated carbocycles. The second-order valence-electron chi connectivity index (χ2n) is 9.64. The first-order valence-electron chi connectivity index (χ1n) is 10.4. The molecule has 4 fully saturated rings. The lowest BCUT2D eigenvalue weighted by atomic mass is 9.52. The third-order valence-electron chi connectivity index (χ3n) is 7.33. The fourth-order valence-corrected chi connectivity index (χ4v) is 5.80. The summed E-state index contributed by atoms with van der Waals surface area (Å²) in [5.41, 5.74) is -2.05. The van der Waals surface area contributed by atoms with Gasteiger partial charge >= 0.3 is 5.97 Å². The van der Waals surface area contributed by atoms with Crippen LogP contribution >= 0.6 is 0 Å². The predicted molar refractivity (Wildman–Crippen MR) is 99.6 cm³/mol. The molecule has 4 aliphatic rings. The van der Waals surface area contributed by atoms with Crippen molar-refractivity contribution in [3.8, 4) is 0 Å². The van der Waals surface area contributed by atoms with E-state index in [0.29, 0.717) is 24.7 Å². The molecule has 0 spiro atoms. The molecule has 5 heteroatoms. The van der Waals surface area contributed by atoms with Crippen molar-refractivity contribution in [1.29, 1.82) is 0 Å². The van der Waals surface area contributed by atoms with Gasteiger partial charge in [0.1, 0.15) is 17.4 Å². The first-order valence-corrected chi connectivity index (χ1v) is 10.4. The van der Waals surface area contributed by atoms with Gasteiger partial charge in [-0.2, -0.15) is 0 Å². The van der Waals surface area contributed by atoms with Gasteiger partial charge in [-0.05, 0) is 63.2 Å². The molecule has 5 nitrogen and oxygen atoms in total. The Morgan fingerprint density at radius 1 is 1.31 bits per heavy atom. The van der Waals surface area contributed by atoms with Crippen LogP contribution in [0.25, 0.3) is 0 Å². The summed E-state index contributed by atoms with van der Waals surface area (Å²) in [6.07, 6.45) is 7.52. The zero-order valence-electron chi connectivity index (χ0n) is 16.7. The average molecular weight is 366 g/mol. The highest BCUT2D eigenvalue weighted by atomic mass is 16.6. The van der Waals surface area contributed by atoms with E-state index >= 15 is 0 Å². The SMILES string of the molecule is CC[C@H](C)[C@@H](C=O)NC(C)(CC)C(=O)OC12CC3CC(CC(O)(C3)C1)C2. The van der Waals surface area contributed by atoms with Gasteiger partial charge in [0.15, 0.2) is 0 Å². The maximum atomic E-state index is 13.2. The zero-order chi connectivity index (χ0) is 19.2. The zero-order valence-corrected chi connectivity index (χ0v) is 16.7. The third-order valence-corrected chi connectivity index (χ3v) is 7.33. The first kappa shape index (κ1) is 19.8. The third kappa shape index (κ3) is 3.57. The summed E-state index contributed by atoms with van der Waals surface area (Å²) >= 11 is 0. The van der Waals surface area contributed by atoms with Crippen molar-refractivity contribution in [3.05, 3.63) is 0 Å². The largest absolute Gasteiger partial charge is 0.458 e. The van der Waals surface area contributed by atoms with E-state index in [1.165, 1.54) is 0 Å². The first-order chi connectivity index (χ1) is 12.2. The van der Waals surface area contributed by atoms with Crippen molar-refractivity contribution < 1.29 is 19.4 Å². The van der Waals surface area contributed by atoms with Crippen molar-refractivity contribution in [2.45, 2.75) is 102 Å². The van der Waals surface area contributed by atoms with Crippen LogP contribution in [0.4, 0.5) is 0 Å². The Balaban J connectivity index is 1.74. The van der Waals surface area contributed by atoms with Crippen LogP contribution in [0.5, 0.6) is 0 Å². The number of nitrogens with one attached hydrogen (secondary N) is 1. The minimum atomic E-state index is -0.888. The van der Waals surface area contributed by atoms with Crippen molar-refractivity contribution in [2.24, 2.45) is 17.8 Å². The number of rotatable bonds is 8. The van der Waals surface area contributed by atoms with Crippen molar-refractivity contribution in [3.63, 3.8) is 0 Å². The van der Waals surface area contributed by atoms with Gasteiger partial charge in [0.25, 0.3) is 0 Å². The van der Waals surface area contributed by atoms with E-state index in [-0.39, 0.29) is 17.9 Å². The molecule has 148 valence electrons. The fraction of sp³-hybridized carbons (Fsp3) is 0.905. The molecule has 0 saturated heterocycles. The van der Waals surface area contributed by atoms with Crippen LogP contribution in [-0.4, -0.2) is 40.1 Å². The summed E-state index contributed by atoms with van der Waals surface area (Å²) < 4.78 is 6.15. The van der Waals surface area contributed by atoms with Crippen molar-refractivity contribution in [1.82, 2.24) is 5.32 Å².